The van der Waals surface area contributed by atoms with Gasteiger partial charge in [0.1, 0.15) is 11.6 Å². The summed E-state index contributed by atoms with van der Waals surface area (Å²) < 4.78 is 5.12. The molecule has 150 valence electrons. The minimum absolute atomic E-state index is 0.137. The number of esters is 1. The standard InChI is InChI=1S/C24H26N2O3/c1-4-13-26(16-21-11-7-19(3)8-12-21)23(27)17-29-24(28)22(15-25)14-20-9-5-18(2)6-10-20/h5-12,14H,4,13,16-17H2,1-3H3/b22-14+. The first-order chi connectivity index (χ1) is 13.9. The van der Waals surface area contributed by atoms with Crippen LogP contribution in [0.5, 0.6) is 0 Å². The lowest BCUT2D eigenvalue weighted by Crippen LogP contribution is -2.35. The van der Waals surface area contributed by atoms with Crippen LogP contribution in [0.2, 0.25) is 0 Å². The Hall–Kier alpha value is -3.39. The van der Waals surface area contributed by atoms with E-state index in [2.05, 4.69) is 0 Å². The van der Waals surface area contributed by atoms with Gasteiger partial charge in [0.25, 0.3) is 5.91 Å². The molecule has 2 aromatic rings. The van der Waals surface area contributed by atoms with Crippen LogP contribution in [0.3, 0.4) is 0 Å². The van der Waals surface area contributed by atoms with Gasteiger partial charge in [0.2, 0.25) is 0 Å². The van der Waals surface area contributed by atoms with Gasteiger partial charge in [-0.3, -0.25) is 4.79 Å². The van der Waals surface area contributed by atoms with Crippen LogP contribution in [0.15, 0.2) is 54.1 Å². The van der Waals surface area contributed by atoms with Crippen LogP contribution in [-0.4, -0.2) is 29.9 Å². The number of nitriles is 1. The van der Waals surface area contributed by atoms with E-state index in [0.717, 1.165) is 28.7 Å². The van der Waals surface area contributed by atoms with Gasteiger partial charge in [0.15, 0.2) is 6.61 Å². The minimum Gasteiger partial charge on any atom is -0.451 e. The Balaban J connectivity index is 1.99. The lowest BCUT2D eigenvalue weighted by Gasteiger charge is -2.22. The van der Waals surface area contributed by atoms with Gasteiger partial charge in [-0.2, -0.15) is 5.26 Å². The fraction of sp³-hybridized carbons (Fsp3) is 0.292. The van der Waals surface area contributed by atoms with Crippen molar-refractivity contribution < 1.29 is 14.3 Å². The van der Waals surface area contributed by atoms with Gasteiger partial charge in [-0.25, -0.2) is 4.79 Å². The Morgan fingerprint density at radius 3 is 2.17 bits per heavy atom. The summed E-state index contributed by atoms with van der Waals surface area (Å²) in [5.74, 6) is -1.08. The first-order valence-electron chi connectivity index (χ1n) is 9.62. The third kappa shape index (κ3) is 6.93. The van der Waals surface area contributed by atoms with Crippen molar-refractivity contribution in [1.82, 2.24) is 4.90 Å². The molecule has 0 aromatic heterocycles. The summed E-state index contributed by atoms with van der Waals surface area (Å²) in [6.45, 7) is 6.58. The molecule has 0 heterocycles. The van der Waals surface area contributed by atoms with E-state index < -0.39 is 12.6 Å². The molecule has 0 fully saturated rings. The number of benzene rings is 2. The highest BCUT2D eigenvalue weighted by atomic mass is 16.5. The molecule has 0 atom stereocenters. The van der Waals surface area contributed by atoms with Crippen LogP contribution in [0.1, 0.15) is 35.6 Å². The second-order valence-corrected chi connectivity index (χ2v) is 6.96. The van der Waals surface area contributed by atoms with E-state index in [0.29, 0.717) is 13.1 Å². The number of nitrogens with zero attached hydrogens (tertiary/aromatic N) is 2. The summed E-state index contributed by atoms with van der Waals surface area (Å²) in [7, 11) is 0. The van der Waals surface area contributed by atoms with Crippen molar-refractivity contribution in [3.05, 3.63) is 76.4 Å². The highest BCUT2D eigenvalue weighted by Gasteiger charge is 2.18. The Labute approximate surface area is 172 Å². The average Bonchev–Trinajstić information content (AvgIpc) is 2.72. The molecule has 0 saturated carbocycles. The molecule has 29 heavy (non-hydrogen) atoms. The second-order valence-electron chi connectivity index (χ2n) is 6.96. The molecule has 0 spiro atoms. The predicted octanol–water partition coefficient (Wildman–Crippen LogP) is 4.19. The van der Waals surface area contributed by atoms with E-state index in [9.17, 15) is 14.9 Å². The van der Waals surface area contributed by atoms with E-state index in [-0.39, 0.29) is 11.5 Å². The topological polar surface area (TPSA) is 70.4 Å². The Bertz CT molecular complexity index is 907. The molecule has 0 bridgehead atoms. The van der Waals surface area contributed by atoms with Crippen LogP contribution in [0, 0.1) is 25.2 Å². The maximum Gasteiger partial charge on any atom is 0.349 e. The molecule has 0 aliphatic heterocycles. The summed E-state index contributed by atoms with van der Waals surface area (Å²) in [4.78, 5) is 26.5. The van der Waals surface area contributed by atoms with Crippen LogP contribution >= 0.6 is 0 Å². The zero-order valence-electron chi connectivity index (χ0n) is 17.1. The highest BCUT2D eigenvalue weighted by molar-refractivity contribution is 5.98. The minimum atomic E-state index is -0.798. The average molecular weight is 390 g/mol. The van der Waals surface area contributed by atoms with Gasteiger partial charge in [0.05, 0.1) is 0 Å². The van der Waals surface area contributed by atoms with Crippen molar-refractivity contribution in [1.29, 1.82) is 5.26 Å². The lowest BCUT2D eigenvalue weighted by molar-refractivity contribution is -0.148. The molecule has 5 heteroatoms. The first kappa shape index (κ1) is 21.9. The quantitative estimate of drug-likeness (QED) is 0.385. The number of carbonyl (C=O) groups is 2. The zero-order valence-corrected chi connectivity index (χ0v) is 17.1. The first-order valence-corrected chi connectivity index (χ1v) is 9.62. The fourth-order valence-electron chi connectivity index (χ4n) is 2.74. The molecule has 0 aliphatic rings. The van der Waals surface area contributed by atoms with E-state index in [1.165, 1.54) is 6.08 Å². The summed E-state index contributed by atoms with van der Waals surface area (Å²) >= 11 is 0. The van der Waals surface area contributed by atoms with E-state index in [4.69, 9.17) is 4.74 Å². The van der Waals surface area contributed by atoms with Crippen molar-refractivity contribution in [2.45, 2.75) is 33.7 Å². The summed E-state index contributed by atoms with van der Waals surface area (Å²) in [6.07, 6.45) is 2.25. The Morgan fingerprint density at radius 1 is 1.03 bits per heavy atom. The molecule has 2 rings (SSSR count). The Kier molecular flexibility index (Phi) is 8.17. The molecule has 0 N–H and O–H groups in total. The molecule has 0 saturated heterocycles. The van der Waals surface area contributed by atoms with E-state index in [1.807, 2.05) is 75.4 Å². The van der Waals surface area contributed by atoms with Crippen LogP contribution in [-0.2, 0) is 20.9 Å². The molecular weight excluding hydrogens is 364 g/mol. The maximum atomic E-state index is 12.6. The molecule has 0 aliphatic carbocycles. The second kappa shape index (κ2) is 10.8. The SMILES string of the molecule is CCCN(Cc1ccc(C)cc1)C(=O)COC(=O)/C(C#N)=C/c1ccc(C)cc1. The summed E-state index contributed by atoms with van der Waals surface area (Å²) in [5.41, 5.74) is 3.84. The third-order valence-corrected chi connectivity index (χ3v) is 4.40. The number of amides is 1. The van der Waals surface area contributed by atoms with Crippen LogP contribution in [0.25, 0.3) is 6.08 Å². The highest BCUT2D eigenvalue weighted by Crippen LogP contribution is 2.11. The van der Waals surface area contributed by atoms with Gasteiger partial charge in [-0.05, 0) is 37.5 Å². The largest absolute Gasteiger partial charge is 0.451 e. The Morgan fingerprint density at radius 2 is 1.62 bits per heavy atom. The van der Waals surface area contributed by atoms with Gasteiger partial charge >= 0.3 is 5.97 Å². The number of hydrogen-bond donors (Lipinski definition) is 0. The fourth-order valence-corrected chi connectivity index (χ4v) is 2.74. The van der Waals surface area contributed by atoms with Crippen molar-refractivity contribution in [3.63, 3.8) is 0 Å². The summed E-state index contributed by atoms with van der Waals surface area (Å²) in [5, 5.41) is 9.27. The third-order valence-electron chi connectivity index (χ3n) is 4.40. The molecular formula is C24H26N2O3. The lowest BCUT2D eigenvalue weighted by atomic mass is 10.1. The normalized spacial score (nSPS) is 10.9. The van der Waals surface area contributed by atoms with E-state index in [1.54, 1.807) is 4.90 Å². The number of hydrogen-bond acceptors (Lipinski definition) is 4. The molecule has 0 unspecified atom stereocenters. The van der Waals surface area contributed by atoms with Crippen molar-refractivity contribution in [3.8, 4) is 6.07 Å². The molecule has 1 amide bonds. The molecule has 5 nitrogen and oxygen atoms in total. The van der Waals surface area contributed by atoms with Gasteiger partial charge in [-0.15, -0.1) is 0 Å². The number of ether oxygens (including phenoxy) is 1. The van der Waals surface area contributed by atoms with Gasteiger partial charge in [0, 0.05) is 13.1 Å². The van der Waals surface area contributed by atoms with Gasteiger partial charge in [-0.1, -0.05) is 66.6 Å². The molecule has 2 aromatic carbocycles. The van der Waals surface area contributed by atoms with Crippen molar-refractivity contribution in [2.75, 3.05) is 13.2 Å². The smallest absolute Gasteiger partial charge is 0.349 e. The number of aryl methyl sites for hydroxylation is 2. The predicted molar refractivity (Wildman–Crippen MR) is 113 cm³/mol. The maximum absolute atomic E-state index is 12.6. The van der Waals surface area contributed by atoms with Crippen LogP contribution < -0.4 is 0 Å². The molecule has 0 radical (unpaired) electrons. The summed E-state index contributed by atoms with van der Waals surface area (Å²) in [6, 6.07) is 17.2. The monoisotopic (exact) mass is 390 g/mol. The zero-order chi connectivity index (χ0) is 21.2. The van der Waals surface area contributed by atoms with Crippen LogP contribution in [0.4, 0.5) is 0 Å². The van der Waals surface area contributed by atoms with Gasteiger partial charge < -0.3 is 9.64 Å². The van der Waals surface area contributed by atoms with E-state index >= 15 is 0 Å². The van der Waals surface area contributed by atoms with Crippen molar-refractivity contribution in [2.24, 2.45) is 0 Å². The number of rotatable bonds is 8. The number of carbonyl (C=O) groups excluding carboxylic acids is 2. The van der Waals surface area contributed by atoms with Crippen molar-refractivity contribution >= 4 is 18.0 Å².